The van der Waals surface area contributed by atoms with Gasteiger partial charge in [-0.1, -0.05) is 6.07 Å². The number of halogens is 1. The lowest BCUT2D eigenvalue weighted by Gasteiger charge is -2.09. The molecular weight excluding hydrogens is 443 g/mol. The summed E-state index contributed by atoms with van der Waals surface area (Å²) in [6.45, 7) is 0. The fourth-order valence-corrected chi connectivity index (χ4v) is 3.73. The van der Waals surface area contributed by atoms with Gasteiger partial charge in [-0.25, -0.2) is 9.07 Å². The second kappa shape index (κ2) is 8.43. The van der Waals surface area contributed by atoms with E-state index in [4.69, 9.17) is 14.2 Å². The van der Waals surface area contributed by atoms with Crippen LogP contribution in [0.5, 0.6) is 11.5 Å². The van der Waals surface area contributed by atoms with Gasteiger partial charge < -0.3 is 14.2 Å². The lowest BCUT2D eigenvalue weighted by Crippen LogP contribution is -2.06. The highest BCUT2D eigenvalue weighted by molar-refractivity contribution is 5.86. The Morgan fingerprint density at radius 1 is 1.00 bits per heavy atom. The molecule has 0 radical (unpaired) electrons. The Kier molecular flexibility index (Phi) is 5.28. The third kappa shape index (κ3) is 3.47. The number of rotatable bonds is 6. The molecule has 2 aromatic carbocycles. The van der Waals surface area contributed by atoms with Crippen LogP contribution in [0.25, 0.3) is 33.6 Å². The average Bonchev–Trinajstić information content (AvgIpc) is 3.45. The van der Waals surface area contributed by atoms with Gasteiger partial charge in [-0.15, -0.1) is 10.2 Å². The van der Waals surface area contributed by atoms with E-state index in [9.17, 15) is 9.18 Å². The van der Waals surface area contributed by atoms with E-state index in [0.29, 0.717) is 45.3 Å². The van der Waals surface area contributed by atoms with Crippen molar-refractivity contribution in [1.29, 1.82) is 0 Å². The zero-order chi connectivity index (χ0) is 23.8. The summed E-state index contributed by atoms with van der Waals surface area (Å²) in [6, 6.07) is 11.3. The molecule has 0 fully saturated rings. The Balaban J connectivity index is 1.75. The lowest BCUT2D eigenvalue weighted by atomic mass is 10.1. The highest BCUT2D eigenvalue weighted by Gasteiger charge is 2.22. The molecule has 0 saturated heterocycles. The van der Waals surface area contributed by atoms with Gasteiger partial charge in [0.15, 0.2) is 28.3 Å². The summed E-state index contributed by atoms with van der Waals surface area (Å²) >= 11 is 0. The topological polar surface area (TPSA) is 106 Å². The van der Waals surface area contributed by atoms with E-state index >= 15 is 0 Å². The number of aromatic nitrogens is 6. The van der Waals surface area contributed by atoms with Crippen LogP contribution in [-0.2, 0) is 16.0 Å². The van der Waals surface area contributed by atoms with Crippen LogP contribution >= 0.6 is 0 Å². The fraction of sp³-hybridized carbons (Fsp3) is 0.174. The fourth-order valence-electron chi connectivity index (χ4n) is 3.73. The Morgan fingerprint density at radius 2 is 1.76 bits per heavy atom. The maximum absolute atomic E-state index is 13.5. The maximum atomic E-state index is 13.5. The second-order valence-electron chi connectivity index (χ2n) is 7.32. The normalized spacial score (nSPS) is 11.2. The van der Waals surface area contributed by atoms with Gasteiger partial charge in [-0.2, -0.15) is 14.7 Å². The number of esters is 1. The summed E-state index contributed by atoms with van der Waals surface area (Å²) < 4.78 is 32.2. The Hall–Kier alpha value is -4.54. The summed E-state index contributed by atoms with van der Waals surface area (Å²) in [5, 5.41) is 17.8. The van der Waals surface area contributed by atoms with E-state index in [2.05, 4.69) is 20.4 Å². The van der Waals surface area contributed by atoms with Crippen molar-refractivity contribution >= 4 is 22.8 Å². The minimum Gasteiger partial charge on any atom is -0.493 e. The van der Waals surface area contributed by atoms with Crippen molar-refractivity contribution in [3.63, 3.8) is 0 Å². The smallest absolute Gasteiger partial charge is 0.311 e. The molecule has 0 spiro atoms. The van der Waals surface area contributed by atoms with Crippen LogP contribution in [0.1, 0.15) is 5.69 Å². The molecule has 11 heteroatoms. The molecule has 0 N–H and O–H groups in total. The first-order valence-electron chi connectivity index (χ1n) is 10.2. The summed E-state index contributed by atoms with van der Waals surface area (Å²) in [5.41, 5.74) is 3.75. The summed E-state index contributed by atoms with van der Waals surface area (Å²) in [4.78, 5) is 12.0. The second-order valence-corrected chi connectivity index (χ2v) is 7.32. The molecule has 34 heavy (non-hydrogen) atoms. The zero-order valence-electron chi connectivity index (χ0n) is 18.5. The SMILES string of the molecule is COC(=O)Cc1nn(-c2ccc(F)cc2)c2c1nnc1c(-c3ccc(OC)c(OC)c3)cnn12. The van der Waals surface area contributed by atoms with Crippen molar-refractivity contribution in [1.82, 2.24) is 29.6 Å². The average molecular weight is 462 g/mol. The van der Waals surface area contributed by atoms with Gasteiger partial charge in [0, 0.05) is 5.56 Å². The molecule has 5 rings (SSSR count). The van der Waals surface area contributed by atoms with Gasteiger partial charge in [0.05, 0.1) is 39.6 Å². The largest absolute Gasteiger partial charge is 0.493 e. The number of nitrogens with zero attached hydrogens (tertiary/aromatic N) is 6. The Bertz CT molecular complexity index is 1530. The van der Waals surface area contributed by atoms with E-state index in [-0.39, 0.29) is 12.2 Å². The van der Waals surface area contributed by atoms with E-state index in [1.165, 1.54) is 19.2 Å². The molecule has 0 aliphatic carbocycles. The summed E-state index contributed by atoms with van der Waals surface area (Å²) in [6.07, 6.45) is 1.55. The molecule has 0 aliphatic rings. The number of hydrogen-bond donors (Lipinski definition) is 0. The summed E-state index contributed by atoms with van der Waals surface area (Å²) in [7, 11) is 4.43. The molecule has 0 bridgehead atoms. The molecule has 0 aliphatic heterocycles. The molecule has 3 heterocycles. The number of carbonyl (C=O) groups excluding carboxylic acids is 1. The first-order chi connectivity index (χ1) is 16.5. The third-order valence-corrected chi connectivity index (χ3v) is 5.40. The van der Waals surface area contributed by atoms with Crippen molar-refractivity contribution in [3.05, 3.63) is 60.2 Å². The quantitative estimate of drug-likeness (QED) is 0.355. The van der Waals surface area contributed by atoms with Crippen molar-refractivity contribution in [2.45, 2.75) is 6.42 Å². The van der Waals surface area contributed by atoms with Crippen molar-refractivity contribution in [2.75, 3.05) is 21.3 Å². The molecular formula is C23H19FN6O4. The summed E-state index contributed by atoms with van der Waals surface area (Å²) in [5.74, 6) is 0.303. The maximum Gasteiger partial charge on any atom is 0.311 e. The van der Waals surface area contributed by atoms with Crippen LogP contribution in [-0.4, -0.2) is 56.9 Å². The van der Waals surface area contributed by atoms with Crippen LogP contribution in [0.3, 0.4) is 0 Å². The molecule has 0 atom stereocenters. The molecule has 0 amide bonds. The van der Waals surface area contributed by atoms with Crippen molar-refractivity contribution in [2.24, 2.45) is 0 Å². The van der Waals surface area contributed by atoms with Crippen LogP contribution in [0.2, 0.25) is 0 Å². The first-order valence-corrected chi connectivity index (χ1v) is 10.2. The van der Waals surface area contributed by atoms with E-state index < -0.39 is 5.97 Å². The van der Waals surface area contributed by atoms with Crippen LogP contribution < -0.4 is 9.47 Å². The van der Waals surface area contributed by atoms with Crippen molar-refractivity contribution < 1.29 is 23.4 Å². The third-order valence-electron chi connectivity index (χ3n) is 5.40. The number of carbonyl (C=O) groups is 1. The van der Waals surface area contributed by atoms with E-state index in [0.717, 1.165) is 5.56 Å². The van der Waals surface area contributed by atoms with Gasteiger partial charge in [0.1, 0.15) is 11.5 Å². The van der Waals surface area contributed by atoms with E-state index in [1.807, 2.05) is 12.1 Å². The standard InChI is InChI=1S/C23H19FN6O4/c1-32-18-9-4-13(10-19(18)33-2)16-12-25-30-22(16)27-26-21-17(11-20(31)34-3)28-29(23(21)30)15-7-5-14(24)6-8-15/h4-10,12H,11H2,1-3H3. The Morgan fingerprint density at radius 3 is 2.47 bits per heavy atom. The number of benzene rings is 2. The van der Waals surface area contributed by atoms with Crippen molar-refractivity contribution in [3.8, 4) is 28.3 Å². The molecule has 10 nitrogen and oxygen atoms in total. The van der Waals surface area contributed by atoms with Gasteiger partial charge in [0.2, 0.25) is 0 Å². The molecule has 3 aromatic heterocycles. The predicted octanol–water partition coefficient (Wildman–Crippen LogP) is 3.00. The highest BCUT2D eigenvalue weighted by atomic mass is 19.1. The number of fused-ring (bicyclic) bond motifs is 3. The van der Waals surface area contributed by atoms with Gasteiger partial charge in [-0.3, -0.25) is 4.79 Å². The number of hydrogen-bond acceptors (Lipinski definition) is 8. The van der Waals surface area contributed by atoms with Gasteiger partial charge in [0.25, 0.3) is 0 Å². The molecule has 0 unspecified atom stereocenters. The minimum absolute atomic E-state index is 0.106. The lowest BCUT2D eigenvalue weighted by molar-refractivity contribution is -0.139. The van der Waals surface area contributed by atoms with Gasteiger partial charge >= 0.3 is 5.97 Å². The van der Waals surface area contributed by atoms with Crippen LogP contribution in [0, 0.1) is 5.82 Å². The monoisotopic (exact) mass is 462 g/mol. The zero-order valence-corrected chi connectivity index (χ0v) is 18.5. The molecule has 5 aromatic rings. The van der Waals surface area contributed by atoms with Gasteiger partial charge in [-0.05, 0) is 42.0 Å². The molecule has 0 saturated carbocycles. The first kappa shape index (κ1) is 21.3. The number of methoxy groups -OCH3 is 3. The van der Waals surface area contributed by atoms with E-state index in [1.54, 1.807) is 47.8 Å². The highest BCUT2D eigenvalue weighted by Crippen LogP contribution is 2.34. The van der Waals surface area contributed by atoms with Crippen LogP contribution in [0.4, 0.5) is 4.39 Å². The molecule has 172 valence electrons. The predicted molar refractivity (Wildman–Crippen MR) is 120 cm³/mol. The number of ether oxygens (including phenoxy) is 3. The minimum atomic E-state index is -0.473. The Labute approximate surface area is 192 Å². The van der Waals surface area contributed by atoms with Crippen LogP contribution in [0.15, 0.2) is 48.7 Å².